The first-order valence-electron chi connectivity index (χ1n) is 13.9. The zero-order valence-corrected chi connectivity index (χ0v) is 24.9. The van der Waals surface area contributed by atoms with E-state index in [2.05, 4.69) is 4.18 Å². The highest BCUT2D eigenvalue weighted by Gasteiger charge is 2.50. The lowest BCUT2D eigenvalue weighted by Crippen LogP contribution is -2.62. The number of aromatic hydroxyl groups is 3. The molecular formula is C27H32O19S. The molecule has 0 bridgehead atoms. The molecule has 20 heteroatoms. The second-order valence-electron chi connectivity index (χ2n) is 11.1. The summed E-state index contributed by atoms with van der Waals surface area (Å²) in [5, 5.41) is 92.5. The number of hydrogen-bond acceptors (Lipinski definition) is 18. The molecule has 0 amide bonds. The van der Waals surface area contributed by atoms with E-state index in [9.17, 15) is 59.2 Å². The summed E-state index contributed by atoms with van der Waals surface area (Å²) in [7, 11) is -5.07. The van der Waals surface area contributed by atoms with Gasteiger partial charge in [0.05, 0.1) is 12.7 Å². The van der Waals surface area contributed by atoms with Gasteiger partial charge in [-0.15, -0.1) is 0 Å². The molecule has 0 aliphatic carbocycles. The SMILES string of the molecule is CC1O[C@H](OC[C@H]2O[C@@H](OC3C(=O)c4c(O)cc(OS(=O)(=O)O)cc4OC3c3ccc(O)c(O)c3)C(O)[C@@H](O)C2O)[C@H](O)[C@H](O)C1O. The average Bonchev–Trinajstić information content (AvgIpc) is 2.99. The zero-order valence-electron chi connectivity index (χ0n) is 24.1. The molecule has 10 N–H and O–H groups in total. The number of carbonyl (C=O) groups is 1. The summed E-state index contributed by atoms with van der Waals surface area (Å²) < 4.78 is 63.8. The van der Waals surface area contributed by atoms with Gasteiger partial charge in [0.2, 0.25) is 5.78 Å². The minimum absolute atomic E-state index is 0.0334. The number of hydrogen-bond donors (Lipinski definition) is 10. The van der Waals surface area contributed by atoms with Crippen molar-refractivity contribution in [2.45, 2.75) is 80.5 Å². The van der Waals surface area contributed by atoms with E-state index in [4.69, 9.17) is 28.2 Å². The van der Waals surface area contributed by atoms with E-state index in [-0.39, 0.29) is 5.56 Å². The number of ketones is 1. The summed E-state index contributed by atoms with van der Waals surface area (Å²) in [4.78, 5) is 13.8. The van der Waals surface area contributed by atoms with Crippen molar-refractivity contribution in [2.75, 3.05) is 6.61 Å². The van der Waals surface area contributed by atoms with Gasteiger partial charge in [-0.25, -0.2) is 0 Å². The third-order valence-corrected chi connectivity index (χ3v) is 8.20. The van der Waals surface area contributed by atoms with E-state index in [0.29, 0.717) is 6.07 Å². The molecule has 2 fully saturated rings. The van der Waals surface area contributed by atoms with Crippen LogP contribution in [0.15, 0.2) is 30.3 Å². The number of benzene rings is 2. The minimum Gasteiger partial charge on any atom is -0.507 e. The van der Waals surface area contributed by atoms with Crippen LogP contribution in [0.25, 0.3) is 0 Å². The van der Waals surface area contributed by atoms with E-state index in [1.807, 2.05) is 0 Å². The van der Waals surface area contributed by atoms with E-state index >= 15 is 0 Å². The summed E-state index contributed by atoms with van der Waals surface area (Å²) in [6, 6.07) is 4.76. The van der Waals surface area contributed by atoms with Crippen LogP contribution in [0, 0.1) is 0 Å². The van der Waals surface area contributed by atoms with Gasteiger partial charge in [-0.3, -0.25) is 9.35 Å². The summed E-state index contributed by atoms with van der Waals surface area (Å²) in [6.07, 6.45) is -20.0. The lowest BCUT2D eigenvalue weighted by atomic mass is 9.92. The van der Waals surface area contributed by atoms with Crippen molar-refractivity contribution in [1.29, 1.82) is 0 Å². The van der Waals surface area contributed by atoms with Crippen LogP contribution in [-0.2, 0) is 29.3 Å². The molecule has 2 saturated heterocycles. The third-order valence-electron chi connectivity index (χ3n) is 7.80. The number of aliphatic hydroxyl groups excluding tert-OH is 6. The van der Waals surface area contributed by atoms with Crippen molar-refractivity contribution < 1.29 is 91.6 Å². The molecule has 0 radical (unpaired) electrons. The maximum absolute atomic E-state index is 13.8. The second-order valence-corrected chi connectivity index (χ2v) is 12.1. The topological polar surface area (TPSA) is 309 Å². The Labute approximate surface area is 265 Å². The Hall–Kier alpha value is -3.38. The lowest BCUT2D eigenvalue weighted by molar-refractivity contribution is -0.333. The van der Waals surface area contributed by atoms with Gasteiger partial charge in [0, 0.05) is 12.1 Å². The molecule has 0 saturated carbocycles. The lowest BCUT2D eigenvalue weighted by Gasteiger charge is -2.44. The van der Waals surface area contributed by atoms with Crippen molar-refractivity contribution in [2.24, 2.45) is 0 Å². The molecule has 2 aromatic rings. The summed E-state index contributed by atoms with van der Waals surface area (Å²) >= 11 is 0. The average molecular weight is 693 g/mol. The van der Waals surface area contributed by atoms with Gasteiger partial charge >= 0.3 is 10.4 Å². The molecule has 2 aromatic carbocycles. The van der Waals surface area contributed by atoms with Gasteiger partial charge in [0.25, 0.3) is 0 Å². The number of rotatable bonds is 8. The normalized spacial score (nSPS) is 36.0. The van der Waals surface area contributed by atoms with Crippen molar-refractivity contribution in [1.82, 2.24) is 0 Å². The Morgan fingerprint density at radius 3 is 2.11 bits per heavy atom. The second kappa shape index (κ2) is 13.3. The van der Waals surface area contributed by atoms with Gasteiger partial charge in [-0.2, -0.15) is 8.42 Å². The van der Waals surface area contributed by atoms with E-state index in [1.54, 1.807) is 0 Å². The summed E-state index contributed by atoms with van der Waals surface area (Å²) in [6.45, 7) is 0.754. The Morgan fingerprint density at radius 1 is 0.787 bits per heavy atom. The highest BCUT2D eigenvalue weighted by Crippen LogP contribution is 2.45. The first-order chi connectivity index (χ1) is 22.0. The maximum Gasteiger partial charge on any atom is 0.446 e. The van der Waals surface area contributed by atoms with Crippen LogP contribution in [0.4, 0.5) is 0 Å². The highest BCUT2D eigenvalue weighted by molar-refractivity contribution is 7.81. The summed E-state index contributed by atoms with van der Waals surface area (Å²) in [5.74, 6) is -4.26. The van der Waals surface area contributed by atoms with Crippen LogP contribution < -0.4 is 8.92 Å². The van der Waals surface area contributed by atoms with Crippen molar-refractivity contribution in [3.8, 4) is 28.7 Å². The number of ether oxygens (including phenoxy) is 5. The van der Waals surface area contributed by atoms with Crippen LogP contribution in [0.5, 0.6) is 28.7 Å². The quantitative estimate of drug-likeness (QED) is 0.0997. The third kappa shape index (κ3) is 7.09. The monoisotopic (exact) mass is 692 g/mol. The van der Waals surface area contributed by atoms with Crippen LogP contribution in [0.1, 0.15) is 28.9 Å². The molecule has 12 atom stereocenters. The number of aliphatic hydroxyl groups is 6. The van der Waals surface area contributed by atoms with Crippen molar-refractivity contribution in [3.05, 3.63) is 41.5 Å². The fourth-order valence-corrected chi connectivity index (χ4v) is 5.65. The number of Topliss-reactive ketones (excluding diaryl/α,β-unsaturated/α-hetero) is 1. The Balaban J connectivity index is 1.43. The Bertz CT molecular complexity index is 1580. The molecule has 0 spiro atoms. The molecule has 3 heterocycles. The van der Waals surface area contributed by atoms with Gasteiger partial charge < -0.3 is 73.8 Å². The van der Waals surface area contributed by atoms with Crippen LogP contribution in [0.3, 0.4) is 0 Å². The molecule has 5 rings (SSSR count). The Kier molecular flexibility index (Phi) is 9.86. The number of fused-ring (bicyclic) bond motifs is 1. The molecule has 19 nitrogen and oxygen atoms in total. The van der Waals surface area contributed by atoms with Gasteiger partial charge in [0.15, 0.2) is 42.0 Å². The molecular weight excluding hydrogens is 660 g/mol. The van der Waals surface area contributed by atoms with E-state index in [0.717, 1.165) is 18.2 Å². The fraction of sp³-hybridized carbons (Fsp3) is 0.519. The first-order valence-corrected chi connectivity index (χ1v) is 15.3. The zero-order chi connectivity index (χ0) is 34.5. The van der Waals surface area contributed by atoms with Gasteiger partial charge in [0.1, 0.15) is 59.8 Å². The molecule has 6 unspecified atom stereocenters. The molecule has 47 heavy (non-hydrogen) atoms. The van der Waals surface area contributed by atoms with E-state index < -0.39 is 131 Å². The molecule has 0 aromatic heterocycles. The maximum atomic E-state index is 13.8. The molecule has 3 aliphatic rings. The number of phenolic OH excluding ortho intramolecular Hbond substituents is 3. The molecule has 260 valence electrons. The smallest absolute Gasteiger partial charge is 0.446 e. The fourth-order valence-electron chi connectivity index (χ4n) is 5.31. The van der Waals surface area contributed by atoms with Crippen molar-refractivity contribution in [3.63, 3.8) is 0 Å². The van der Waals surface area contributed by atoms with Gasteiger partial charge in [-0.1, -0.05) is 6.07 Å². The largest absolute Gasteiger partial charge is 0.507 e. The van der Waals surface area contributed by atoms with Crippen LogP contribution >= 0.6 is 0 Å². The predicted molar refractivity (Wildman–Crippen MR) is 148 cm³/mol. The standard InChI is InChI=1S/C27H32O19S/c1-8-17(31)20(34)22(36)26(42-8)41-7-15-18(32)21(35)23(37)27(44-15)45-25-19(33)16-13(30)5-10(46-47(38,39)40)6-14(16)43-24(25)9-2-3-11(28)12(29)4-9/h2-6,8,15,17-18,20-32,34-37H,7H2,1H3,(H,38,39,40)/t8?,15-,17?,18?,20-,21+,22-,23?,24?,25?,26+,27+/m1/s1. The van der Waals surface area contributed by atoms with Gasteiger partial charge in [-0.05, 0) is 24.6 Å². The highest BCUT2D eigenvalue weighted by atomic mass is 32.3. The summed E-state index contributed by atoms with van der Waals surface area (Å²) in [5.41, 5.74) is -0.602. The van der Waals surface area contributed by atoms with Crippen LogP contribution in [-0.4, -0.2) is 139 Å². The minimum atomic E-state index is -5.07. The van der Waals surface area contributed by atoms with Crippen molar-refractivity contribution >= 4 is 16.2 Å². The van der Waals surface area contributed by atoms with E-state index in [1.165, 1.54) is 13.0 Å². The Morgan fingerprint density at radius 2 is 1.45 bits per heavy atom. The number of phenols is 3. The molecule has 3 aliphatic heterocycles. The predicted octanol–water partition coefficient (Wildman–Crippen LogP) is -2.66. The first kappa shape index (κ1) is 34.9. The van der Waals surface area contributed by atoms with Crippen LogP contribution in [0.2, 0.25) is 0 Å². The number of carbonyl (C=O) groups excluding carboxylic acids is 1.